The van der Waals surface area contributed by atoms with Gasteiger partial charge in [0.25, 0.3) is 0 Å². The minimum Gasteiger partial charge on any atom is -0.379 e. The van der Waals surface area contributed by atoms with Crippen LogP contribution in [0.15, 0.2) is 0 Å². The van der Waals surface area contributed by atoms with Crippen LogP contribution in [0, 0.1) is 0 Å². The highest BCUT2D eigenvalue weighted by Crippen LogP contribution is 2.05. The van der Waals surface area contributed by atoms with E-state index in [1.807, 2.05) is 0 Å². The monoisotopic (exact) mass is 144 g/mol. The third-order valence-corrected chi connectivity index (χ3v) is 1.87. The zero-order valence-electron chi connectivity index (χ0n) is 6.67. The van der Waals surface area contributed by atoms with E-state index in [1.54, 1.807) is 6.92 Å². The van der Waals surface area contributed by atoms with Gasteiger partial charge in [0.15, 0.2) is 0 Å². The molecule has 0 bridgehead atoms. The number of nitrogens with zero attached hydrogens (tertiary/aromatic N) is 1. The zero-order valence-corrected chi connectivity index (χ0v) is 6.67. The van der Waals surface area contributed by atoms with Crippen molar-refractivity contribution in [1.82, 2.24) is 10.2 Å². The van der Waals surface area contributed by atoms with Crippen molar-refractivity contribution in [2.24, 2.45) is 0 Å². The maximum atomic E-state index is 8.97. The lowest BCUT2D eigenvalue weighted by atomic mass is 10.2. The Kier molecular flexibility index (Phi) is 2.65. The third kappa shape index (κ3) is 2.25. The lowest BCUT2D eigenvalue weighted by Gasteiger charge is -2.14. The first-order valence-electron chi connectivity index (χ1n) is 3.81. The Morgan fingerprint density at radius 1 is 1.70 bits per heavy atom. The highest BCUT2D eigenvalue weighted by molar-refractivity contribution is 4.78. The SMILES string of the molecule is CC(O)NC1CCN(C)C1. The summed E-state index contributed by atoms with van der Waals surface area (Å²) in [6, 6.07) is 0.491. The van der Waals surface area contributed by atoms with Crippen LogP contribution < -0.4 is 5.32 Å². The fourth-order valence-electron chi connectivity index (χ4n) is 1.41. The fourth-order valence-corrected chi connectivity index (χ4v) is 1.41. The largest absolute Gasteiger partial charge is 0.379 e. The molecule has 1 aliphatic rings. The second-order valence-electron chi connectivity index (χ2n) is 3.09. The average Bonchev–Trinajstić information content (AvgIpc) is 2.13. The summed E-state index contributed by atoms with van der Waals surface area (Å²) in [5, 5.41) is 12.1. The van der Waals surface area contributed by atoms with Crippen molar-refractivity contribution >= 4 is 0 Å². The molecule has 2 unspecified atom stereocenters. The van der Waals surface area contributed by atoms with Gasteiger partial charge in [-0.05, 0) is 26.9 Å². The smallest absolute Gasteiger partial charge is 0.102 e. The lowest BCUT2D eigenvalue weighted by molar-refractivity contribution is 0.141. The maximum absolute atomic E-state index is 8.97. The molecule has 1 aliphatic heterocycles. The molecule has 0 aromatic carbocycles. The molecule has 0 saturated carbocycles. The standard InChI is InChI=1S/C7H16N2O/c1-6(10)8-7-3-4-9(2)5-7/h6-8,10H,3-5H2,1-2H3. The molecule has 3 nitrogen and oxygen atoms in total. The van der Waals surface area contributed by atoms with Gasteiger partial charge in [-0.1, -0.05) is 0 Å². The second kappa shape index (κ2) is 3.32. The zero-order chi connectivity index (χ0) is 7.56. The molecular weight excluding hydrogens is 128 g/mol. The highest BCUT2D eigenvalue weighted by Gasteiger charge is 2.19. The first-order chi connectivity index (χ1) is 4.68. The molecule has 0 spiro atoms. The average molecular weight is 144 g/mol. The Labute approximate surface area is 62.0 Å². The Morgan fingerprint density at radius 3 is 2.80 bits per heavy atom. The van der Waals surface area contributed by atoms with Crippen LogP contribution in [0.3, 0.4) is 0 Å². The molecule has 3 heteroatoms. The van der Waals surface area contributed by atoms with Gasteiger partial charge in [-0.2, -0.15) is 0 Å². The molecule has 10 heavy (non-hydrogen) atoms. The van der Waals surface area contributed by atoms with E-state index >= 15 is 0 Å². The molecule has 0 radical (unpaired) electrons. The van der Waals surface area contributed by atoms with Crippen LogP contribution in [0.5, 0.6) is 0 Å². The van der Waals surface area contributed by atoms with Gasteiger partial charge in [-0.3, -0.25) is 5.32 Å². The van der Waals surface area contributed by atoms with Gasteiger partial charge >= 0.3 is 0 Å². The molecule has 0 aliphatic carbocycles. The van der Waals surface area contributed by atoms with E-state index in [0.717, 1.165) is 19.5 Å². The maximum Gasteiger partial charge on any atom is 0.102 e. The van der Waals surface area contributed by atoms with Gasteiger partial charge in [0.05, 0.1) is 0 Å². The van der Waals surface area contributed by atoms with E-state index in [0.29, 0.717) is 6.04 Å². The summed E-state index contributed by atoms with van der Waals surface area (Å²) in [6.07, 6.45) is 0.790. The number of aliphatic hydroxyl groups is 1. The van der Waals surface area contributed by atoms with Crippen LogP contribution in [-0.4, -0.2) is 42.4 Å². The van der Waals surface area contributed by atoms with Gasteiger partial charge in [0, 0.05) is 12.6 Å². The number of hydrogen-bond donors (Lipinski definition) is 2. The lowest BCUT2D eigenvalue weighted by Crippen LogP contribution is -2.37. The number of hydrogen-bond acceptors (Lipinski definition) is 3. The van der Waals surface area contributed by atoms with Gasteiger partial charge in [-0.15, -0.1) is 0 Å². The Balaban J connectivity index is 2.18. The molecule has 1 rings (SSSR count). The summed E-state index contributed by atoms with van der Waals surface area (Å²) < 4.78 is 0. The number of aliphatic hydroxyl groups excluding tert-OH is 1. The summed E-state index contributed by atoms with van der Waals surface area (Å²) in [4.78, 5) is 2.26. The summed E-state index contributed by atoms with van der Waals surface area (Å²) in [5.41, 5.74) is 0. The summed E-state index contributed by atoms with van der Waals surface area (Å²) in [6.45, 7) is 3.97. The van der Waals surface area contributed by atoms with Crippen molar-refractivity contribution in [2.45, 2.75) is 25.6 Å². The van der Waals surface area contributed by atoms with Gasteiger partial charge in [0.2, 0.25) is 0 Å². The van der Waals surface area contributed by atoms with Crippen LogP contribution in [0.2, 0.25) is 0 Å². The van der Waals surface area contributed by atoms with Crippen molar-refractivity contribution in [1.29, 1.82) is 0 Å². The number of likely N-dealkylation sites (N-methyl/N-ethyl adjacent to an activating group) is 1. The predicted octanol–water partition coefficient (Wildman–Crippen LogP) is -0.382. The third-order valence-electron chi connectivity index (χ3n) is 1.87. The first-order valence-corrected chi connectivity index (χ1v) is 3.81. The molecule has 2 atom stereocenters. The van der Waals surface area contributed by atoms with Crippen LogP contribution in [0.1, 0.15) is 13.3 Å². The van der Waals surface area contributed by atoms with Crippen molar-refractivity contribution in [3.05, 3.63) is 0 Å². The van der Waals surface area contributed by atoms with Gasteiger partial charge < -0.3 is 10.0 Å². The summed E-state index contributed by atoms with van der Waals surface area (Å²) in [7, 11) is 2.10. The normalized spacial score (nSPS) is 30.9. The predicted molar refractivity (Wildman–Crippen MR) is 40.7 cm³/mol. The minimum atomic E-state index is -0.364. The second-order valence-corrected chi connectivity index (χ2v) is 3.09. The molecule has 1 heterocycles. The Hall–Kier alpha value is -0.120. The van der Waals surface area contributed by atoms with E-state index in [9.17, 15) is 0 Å². The quantitative estimate of drug-likeness (QED) is 0.518. The molecule has 1 saturated heterocycles. The van der Waals surface area contributed by atoms with E-state index < -0.39 is 0 Å². The van der Waals surface area contributed by atoms with Crippen LogP contribution in [-0.2, 0) is 0 Å². The summed E-state index contributed by atoms with van der Waals surface area (Å²) >= 11 is 0. The minimum absolute atomic E-state index is 0.364. The van der Waals surface area contributed by atoms with Crippen molar-refractivity contribution < 1.29 is 5.11 Å². The van der Waals surface area contributed by atoms with Gasteiger partial charge in [-0.25, -0.2) is 0 Å². The van der Waals surface area contributed by atoms with Crippen molar-refractivity contribution in [2.75, 3.05) is 20.1 Å². The van der Waals surface area contributed by atoms with Crippen LogP contribution in [0.25, 0.3) is 0 Å². The first kappa shape index (κ1) is 7.98. The molecule has 0 amide bonds. The molecular formula is C7H16N2O. The molecule has 60 valence electrons. The topological polar surface area (TPSA) is 35.5 Å². The number of rotatable bonds is 2. The van der Waals surface area contributed by atoms with Crippen LogP contribution >= 0.6 is 0 Å². The highest BCUT2D eigenvalue weighted by atomic mass is 16.3. The van der Waals surface area contributed by atoms with E-state index in [1.165, 1.54) is 0 Å². The van der Waals surface area contributed by atoms with E-state index in [-0.39, 0.29) is 6.23 Å². The Bertz CT molecular complexity index is 106. The molecule has 1 fully saturated rings. The number of likely N-dealkylation sites (tertiary alicyclic amines) is 1. The fraction of sp³-hybridized carbons (Fsp3) is 1.00. The number of nitrogens with one attached hydrogen (secondary N) is 1. The van der Waals surface area contributed by atoms with Gasteiger partial charge in [0.1, 0.15) is 6.23 Å². The Morgan fingerprint density at radius 2 is 2.40 bits per heavy atom. The summed E-state index contributed by atoms with van der Waals surface area (Å²) in [5.74, 6) is 0. The van der Waals surface area contributed by atoms with Crippen molar-refractivity contribution in [3.63, 3.8) is 0 Å². The van der Waals surface area contributed by atoms with Crippen LogP contribution in [0.4, 0.5) is 0 Å². The van der Waals surface area contributed by atoms with Crippen molar-refractivity contribution in [3.8, 4) is 0 Å². The van der Waals surface area contributed by atoms with E-state index in [2.05, 4.69) is 17.3 Å². The molecule has 2 N–H and O–H groups in total. The molecule has 0 aromatic heterocycles. The van der Waals surface area contributed by atoms with E-state index in [4.69, 9.17) is 5.11 Å². The molecule has 0 aromatic rings.